The minimum atomic E-state index is -0.357. The molecule has 0 aromatic heterocycles. The van der Waals surface area contributed by atoms with Crippen LogP contribution in [0.4, 0.5) is 0 Å². The Kier molecular flexibility index (Phi) is 2.66. The van der Waals surface area contributed by atoms with Crippen molar-refractivity contribution in [2.24, 2.45) is 11.8 Å². The van der Waals surface area contributed by atoms with Gasteiger partial charge in [0.1, 0.15) is 5.78 Å². The van der Waals surface area contributed by atoms with E-state index in [2.05, 4.69) is 0 Å². The molecule has 0 aromatic rings. The Morgan fingerprint density at radius 3 is 2.45 bits per heavy atom. The molecule has 64 valence electrons. The molecule has 2 unspecified atom stereocenters. The second-order valence-corrected chi connectivity index (χ2v) is 3.66. The van der Waals surface area contributed by atoms with Crippen LogP contribution in [0.1, 0.15) is 33.1 Å². The van der Waals surface area contributed by atoms with Gasteiger partial charge in [0.2, 0.25) is 0 Å². The van der Waals surface area contributed by atoms with Gasteiger partial charge in [0, 0.05) is 11.8 Å². The molecule has 0 aromatic carbocycles. The van der Waals surface area contributed by atoms with E-state index in [9.17, 15) is 9.90 Å². The first-order chi connectivity index (χ1) is 5.13. The fraction of sp³-hybridized carbons (Fsp3) is 0.889. The Balaban J connectivity index is 2.53. The summed E-state index contributed by atoms with van der Waals surface area (Å²) < 4.78 is 0. The molecule has 0 bridgehead atoms. The molecule has 2 heteroatoms. The average molecular weight is 156 g/mol. The number of carbonyl (C=O) groups is 1. The highest BCUT2D eigenvalue weighted by Crippen LogP contribution is 2.28. The van der Waals surface area contributed by atoms with Crippen LogP contribution in [-0.2, 0) is 4.79 Å². The molecular weight excluding hydrogens is 140 g/mol. The number of hydrogen-bond donors (Lipinski definition) is 1. The highest BCUT2D eigenvalue weighted by Gasteiger charge is 2.32. The summed E-state index contributed by atoms with van der Waals surface area (Å²) in [6.07, 6.45) is 2.34. The maximum absolute atomic E-state index is 11.4. The topological polar surface area (TPSA) is 37.3 Å². The maximum atomic E-state index is 11.4. The van der Waals surface area contributed by atoms with Gasteiger partial charge in [0.25, 0.3) is 0 Å². The molecule has 0 aliphatic heterocycles. The van der Waals surface area contributed by atoms with Crippen LogP contribution in [0.15, 0.2) is 0 Å². The van der Waals surface area contributed by atoms with E-state index >= 15 is 0 Å². The van der Waals surface area contributed by atoms with E-state index in [0.29, 0.717) is 0 Å². The standard InChI is InChI=1S/C9H16O2/c1-6(2)9(11)7-4-3-5-8(7)10/h6-8,10H,3-5H2,1-2H3. The molecule has 1 saturated carbocycles. The lowest BCUT2D eigenvalue weighted by Gasteiger charge is -2.14. The van der Waals surface area contributed by atoms with E-state index in [1.165, 1.54) is 0 Å². The number of Topliss-reactive ketones (excluding diaryl/α,β-unsaturated/α-hetero) is 1. The lowest BCUT2D eigenvalue weighted by atomic mass is 9.92. The first-order valence-corrected chi connectivity index (χ1v) is 4.34. The zero-order chi connectivity index (χ0) is 8.43. The van der Waals surface area contributed by atoms with Gasteiger partial charge in [0.05, 0.1) is 6.10 Å². The van der Waals surface area contributed by atoms with Crippen LogP contribution < -0.4 is 0 Å². The summed E-state index contributed by atoms with van der Waals surface area (Å²) in [5.74, 6) is 0.248. The lowest BCUT2D eigenvalue weighted by Crippen LogP contribution is -2.26. The highest BCUT2D eigenvalue weighted by molar-refractivity contribution is 5.83. The van der Waals surface area contributed by atoms with Crippen molar-refractivity contribution >= 4 is 5.78 Å². The normalized spacial score (nSPS) is 31.3. The molecule has 1 aliphatic rings. The van der Waals surface area contributed by atoms with Crippen molar-refractivity contribution in [3.05, 3.63) is 0 Å². The summed E-state index contributed by atoms with van der Waals surface area (Å²) in [4.78, 5) is 11.4. The molecule has 1 fully saturated rings. The van der Waals surface area contributed by atoms with Crippen LogP contribution in [-0.4, -0.2) is 17.0 Å². The predicted molar refractivity (Wildman–Crippen MR) is 43.2 cm³/mol. The largest absolute Gasteiger partial charge is 0.392 e. The Labute approximate surface area is 67.6 Å². The van der Waals surface area contributed by atoms with E-state index in [0.717, 1.165) is 19.3 Å². The molecule has 0 saturated heterocycles. The molecular formula is C9H16O2. The van der Waals surface area contributed by atoms with Gasteiger partial charge in [-0.05, 0) is 12.8 Å². The van der Waals surface area contributed by atoms with Gasteiger partial charge in [-0.3, -0.25) is 4.79 Å². The van der Waals surface area contributed by atoms with Gasteiger partial charge < -0.3 is 5.11 Å². The maximum Gasteiger partial charge on any atom is 0.141 e. The SMILES string of the molecule is CC(C)C(=O)C1CCCC1O. The summed E-state index contributed by atoms with van der Waals surface area (Å²) in [7, 11) is 0. The highest BCUT2D eigenvalue weighted by atomic mass is 16.3. The average Bonchev–Trinajstić information content (AvgIpc) is 2.33. The number of carbonyl (C=O) groups excluding carboxylic acids is 1. The molecule has 1 N–H and O–H groups in total. The Morgan fingerprint density at radius 2 is 2.09 bits per heavy atom. The van der Waals surface area contributed by atoms with Crippen LogP contribution in [0.5, 0.6) is 0 Å². The molecule has 2 nitrogen and oxygen atoms in total. The van der Waals surface area contributed by atoms with Gasteiger partial charge >= 0.3 is 0 Å². The van der Waals surface area contributed by atoms with E-state index in [-0.39, 0.29) is 23.7 Å². The minimum absolute atomic E-state index is 0.0602. The Morgan fingerprint density at radius 1 is 1.45 bits per heavy atom. The summed E-state index contributed by atoms with van der Waals surface area (Å²) in [6.45, 7) is 3.79. The zero-order valence-corrected chi connectivity index (χ0v) is 7.21. The van der Waals surface area contributed by atoms with E-state index < -0.39 is 0 Å². The summed E-state index contributed by atoms with van der Waals surface area (Å²) in [5, 5.41) is 9.39. The van der Waals surface area contributed by atoms with Crippen LogP contribution in [0.3, 0.4) is 0 Å². The summed E-state index contributed by atoms with van der Waals surface area (Å²) >= 11 is 0. The molecule has 1 aliphatic carbocycles. The third-order valence-electron chi connectivity index (χ3n) is 2.41. The smallest absolute Gasteiger partial charge is 0.141 e. The van der Waals surface area contributed by atoms with Crippen LogP contribution in [0.25, 0.3) is 0 Å². The van der Waals surface area contributed by atoms with Crippen LogP contribution in [0.2, 0.25) is 0 Å². The summed E-state index contributed by atoms with van der Waals surface area (Å²) in [6, 6.07) is 0. The Hall–Kier alpha value is -0.370. The Bertz CT molecular complexity index is 152. The second kappa shape index (κ2) is 3.35. The van der Waals surface area contributed by atoms with Crippen molar-refractivity contribution in [3.8, 4) is 0 Å². The van der Waals surface area contributed by atoms with Gasteiger partial charge in [-0.15, -0.1) is 0 Å². The van der Waals surface area contributed by atoms with Crippen LogP contribution in [0, 0.1) is 11.8 Å². The monoisotopic (exact) mass is 156 g/mol. The number of aliphatic hydroxyl groups is 1. The third-order valence-corrected chi connectivity index (χ3v) is 2.41. The fourth-order valence-corrected chi connectivity index (χ4v) is 1.70. The fourth-order valence-electron chi connectivity index (χ4n) is 1.70. The molecule has 2 atom stereocenters. The van der Waals surface area contributed by atoms with E-state index in [1.807, 2.05) is 13.8 Å². The minimum Gasteiger partial charge on any atom is -0.392 e. The van der Waals surface area contributed by atoms with Crippen LogP contribution >= 0.6 is 0 Å². The molecule has 0 radical (unpaired) electrons. The van der Waals surface area contributed by atoms with Crippen molar-refractivity contribution in [1.82, 2.24) is 0 Å². The zero-order valence-electron chi connectivity index (χ0n) is 7.21. The molecule has 1 rings (SSSR count). The number of aliphatic hydroxyl groups excluding tert-OH is 1. The number of rotatable bonds is 2. The number of ketones is 1. The van der Waals surface area contributed by atoms with Crippen molar-refractivity contribution in [2.45, 2.75) is 39.2 Å². The van der Waals surface area contributed by atoms with Gasteiger partial charge in [0.15, 0.2) is 0 Å². The third kappa shape index (κ3) is 1.80. The lowest BCUT2D eigenvalue weighted by molar-refractivity contribution is -0.128. The molecule has 0 amide bonds. The second-order valence-electron chi connectivity index (χ2n) is 3.66. The molecule has 11 heavy (non-hydrogen) atoms. The van der Waals surface area contributed by atoms with Crippen molar-refractivity contribution in [3.63, 3.8) is 0 Å². The summed E-state index contributed by atoms with van der Waals surface area (Å²) in [5.41, 5.74) is 0. The first-order valence-electron chi connectivity index (χ1n) is 4.34. The van der Waals surface area contributed by atoms with Gasteiger partial charge in [-0.2, -0.15) is 0 Å². The molecule has 0 spiro atoms. The van der Waals surface area contributed by atoms with Gasteiger partial charge in [-0.25, -0.2) is 0 Å². The van der Waals surface area contributed by atoms with Gasteiger partial charge in [-0.1, -0.05) is 20.3 Å². The van der Waals surface area contributed by atoms with Crippen molar-refractivity contribution in [2.75, 3.05) is 0 Å². The van der Waals surface area contributed by atoms with E-state index in [4.69, 9.17) is 0 Å². The van der Waals surface area contributed by atoms with Crippen molar-refractivity contribution in [1.29, 1.82) is 0 Å². The van der Waals surface area contributed by atoms with E-state index in [1.54, 1.807) is 0 Å². The van der Waals surface area contributed by atoms with Crippen molar-refractivity contribution < 1.29 is 9.90 Å². The quantitative estimate of drug-likeness (QED) is 0.655. The predicted octanol–water partition coefficient (Wildman–Crippen LogP) is 1.37. The first kappa shape index (κ1) is 8.72. The number of hydrogen-bond acceptors (Lipinski definition) is 2. The molecule has 0 heterocycles.